The zero-order valence-corrected chi connectivity index (χ0v) is 10.8. The van der Waals surface area contributed by atoms with Gasteiger partial charge in [0.25, 0.3) is 0 Å². The predicted molar refractivity (Wildman–Crippen MR) is 51.4 cm³/mol. The Bertz CT molecular complexity index is 720. The SMILES string of the molecule is FC(=C(F)C(F)(F)C(F)(F)F)c1c(F)c(F)c(F)c(F)c1C(F)(F)F. The van der Waals surface area contributed by atoms with Gasteiger partial charge >= 0.3 is 18.3 Å². The third-order valence-electron chi connectivity index (χ3n) is 2.59. The number of halogens is 14. The second-order valence-electron chi connectivity index (χ2n) is 4.20. The highest BCUT2D eigenvalue weighted by Crippen LogP contribution is 2.47. The van der Waals surface area contributed by atoms with Gasteiger partial charge in [-0.1, -0.05) is 0 Å². The van der Waals surface area contributed by atoms with E-state index < -0.39 is 64.3 Å². The van der Waals surface area contributed by atoms with Crippen LogP contribution in [0.2, 0.25) is 0 Å². The van der Waals surface area contributed by atoms with Gasteiger partial charge in [0.15, 0.2) is 29.1 Å². The molecule has 0 aliphatic rings. The van der Waals surface area contributed by atoms with E-state index in [-0.39, 0.29) is 0 Å². The maximum absolute atomic E-state index is 13.4. The summed E-state index contributed by atoms with van der Waals surface area (Å²) in [5.41, 5.74) is -6.76. The predicted octanol–water partition coefficient (Wildman–Crippen LogP) is 6.07. The summed E-state index contributed by atoms with van der Waals surface area (Å²) in [6.45, 7) is 0. The van der Waals surface area contributed by atoms with Gasteiger partial charge in [0, 0.05) is 0 Å². The van der Waals surface area contributed by atoms with Crippen molar-refractivity contribution >= 4 is 5.83 Å². The normalized spacial score (nSPS) is 14.6. The quantitative estimate of drug-likeness (QED) is 0.323. The largest absolute Gasteiger partial charge is 0.460 e. The lowest BCUT2D eigenvalue weighted by molar-refractivity contribution is -0.270. The lowest BCUT2D eigenvalue weighted by atomic mass is 10.0. The molecule has 1 aromatic rings. The average Bonchev–Trinajstić information content (AvgIpc) is 2.44. The monoisotopic (exact) mass is 398 g/mol. The maximum Gasteiger partial charge on any atom is 0.460 e. The first-order chi connectivity index (χ1) is 11.0. The lowest BCUT2D eigenvalue weighted by Crippen LogP contribution is -2.37. The highest BCUT2D eigenvalue weighted by Gasteiger charge is 2.63. The first kappa shape index (κ1) is 21.0. The minimum absolute atomic E-state index is 3.18. The molecule has 0 radical (unpaired) electrons. The summed E-state index contributed by atoms with van der Waals surface area (Å²) in [6, 6.07) is 0. The third-order valence-corrected chi connectivity index (χ3v) is 2.59. The third kappa shape index (κ3) is 3.38. The smallest absolute Gasteiger partial charge is 0.203 e. The summed E-state index contributed by atoms with van der Waals surface area (Å²) < 4.78 is 177. The molecule has 14 heteroatoms. The first-order valence-corrected chi connectivity index (χ1v) is 5.40. The molecule has 0 fully saturated rings. The zero-order valence-electron chi connectivity index (χ0n) is 10.8. The van der Waals surface area contributed by atoms with Crippen molar-refractivity contribution in [1.29, 1.82) is 0 Å². The minimum atomic E-state index is -6.89. The van der Waals surface area contributed by atoms with E-state index in [1.807, 2.05) is 0 Å². The summed E-state index contributed by atoms with van der Waals surface area (Å²) in [5, 5.41) is 0. The second-order valence-corrected chi connectivity index (χ2v) is 4.20. The van der Waals surface area contributed by atoms with Gasteiger partial charge in [-0.25, -0.2) is 26.3 Å². The van der Waals surface area contributed by atoms with Crippen LogP contribution in [-0.4, -0.2) is 12.1 Å². The summed E-state index contributed by atoms with van der Waals surface area (Å²) in [7, 11) is 0. The molecule has 0 bridgehead atoms. The molecule has 0 aliphatic heterocycles. The van der Waals surface area contributed by atoms with Crippen LogP contribution in [0.1, 0.15) is 11.1 Å². The van der Waals surface area contributed by atoms with Gasteiger partial charge in [0.1, 0.15) is 5.56 Å². The van der Waals surface area contributed by atoms with Crippen LogP contribution >= 0.6 is 0 Å². The maximum atomic E-state index is 13.4. The Morgan fingerprint density at radius 3 is 1.36 bits per heavy atom. The molecule has 1 aromatic carbocycles. The van der Waals surface area contributed by atoms with Gasteiger partial charge in [-0.2, -0.15) is 35.1 Å². The summed E-state index contributed by atoms with van der Waals surface area (Å²) in [6.07, 6.45) is -13.2. The fourth-order valence-corrected chi connectivity index (χ4v) is 1.48. The van der Waals surface area contributed by atoms with Crippen LogP contribution in [0.3, 0.4) is 0 Å². The standard InChI is InChI=1S/C11F14/c12-3-1(4(13)8(17)9(18,19)11(23,24)25)2(10(20,21)22)5(14)7(16)6(3)15. The highest BCUT2D eigenvalue weighted by molar-refractivity contribution is 5.67. The van der Waals surface area contributed by atoms with Crippen molar-refractivity contribution in [1.82, 2.24) is 0 Å². The van der Waals surface area contributed by atoms with E-state index in [2.05, 4.69) is 0 Å². The summed E-state index contributed by atoms with van der Waals surface area (Å²) >= 11 is 0. The van der Waals surface area contributed by atoms with Crippen molar-refractivity contribution in [2.45, 2.75) is 18.3 Å². The Balaban J connectivity index is 3.99. The van der Waals surface area contributed by atoms with Gasteiger partial charge in [-0.05, 0) is 0 Å². The van der Waals surface area contributed by atoms with Crippen LogP contribution in [0.25, 0.3) is 5.83 Å². The first-order valence-electron chi connectivity index (χ1n) is 5.40. The van der Waals surface area contributed by atoms with Crippen molar-refractivity contribution in [2.24, 2.45) is 0 Å². The van der Waals surface area contributed by atoms with Gasteiger partial charge in [0.2, 0.25) is 5.83 Å². The van der Waals surface area contributed by atoms with Crippen molar-refractivity contribution in [3.63, 3.8) is 0 Å². The van der Waals surface area contributed by atoms with E-state index in [9.17, 15) is 61.5 Å². The van der Waals surface area contributed by atoms with E-state index in [1.165, 1.54) is 0 Å². The molecule has 0 nitrogen and oxygen atoms in total. The number of hydrogen-bond donors (Lipinski definition) is 0. The topological polar surface area (TPSA) is 0 Å². The molecule has 0 N–H and O–H groups in total. The van der Waals surface area contributed by atoms with Crippen molar-refractivity contribution in [2.75, 3.05) is 0 Å². The van der Waals surface area contributed by atoms with E-state index in [0.29, 0.717) is 0 Å². The van der Waals surface area contributed by atoms with E-state index in [0.717, 1.165) is 0 Å². The lowest BCUT2D eigenvalue weighted by Gasteiger charge is -2.20. The molecule has 0 unspecified atom stereocenters. The van der Waals surface area contributed by atoms with Crippen LogP contribution in [-0.2, 0) is 6.18 Å². The molecule has 0 saturated heterocycles. The van der Waals surface area contributed by atoms with Gasteiger partial charge in [0.05, 0.1) is 5.56 Å². The Hall–Kier alpha value is -2.02. The number of alkyl halides is 8. The molecule has 0 spiro atoms. The van der Waals surface area contributed by atoms with E-state index in [1.54, 1.807) is 0 Å². The van der Waals surface area contributed by atoms with E-state index >= 15 is 0 Å². The molecular weight excluding hydrogens is 398 g/mol. The minimum Gasteiger partial charge on any atom is -0.203 e. The molecule has 0 saturated carbocycles. The zero-order chi connectivity index (χ0) is 20.1. The van der Waals surface area contributed by atoms with Crippen LogP contribution in [0.5, 0.6) is 0 Å². The second kappa shape index (κ2) is 6.05. The van der Waals surface area contributed by atoms with E-state index in [4.69, 9.17) is 0 Å². The molecule has 0 atom stereocenters. The molecule has 25 heavy (non-hydrogen) atoms. The Morgan fingerprint density at radius 2 is 1.00 bits per heavy atom. The van der Waals surface area contributed by atoms with Gasteiger partial charge in [-0.3, -0.25) is 0 Å². The van der Waals surface area contributed by atoms with Gasteiger partial charge in [-0.15, -0.1) is 0 Å². The number of allylic oxidation sites excluding steroid dienone is 1. The highest BCUT2D eigenvalue weighted by atomic mass is 19.4. The van der Waals surface area contributed by atoms with Crippen molar-refractivity contribution < 1.29 is 61.5 Å². The fraction of sp³-hybridized carbons (Fsp3) is 0.273. The molecule has 142 valence electrons. The van der Waals surface area contributed by atoms with Crippen LogP contribution in [0.4, 0.5) is 61.5 Å². The molecule has 0 heterocycles. The Kier molecular flexibility index (Phi) is 5.09. The molecule has 0 aliphatic carbocycles. The molecule has 1 rings (SSSR count). The number of hydrogen-bond acceptors (Lipinski definition) is 0. The van der Waals surface area contributed by atoms with Crippen molar-refractivity contribution in [3.8, 4) is 0 Å². The summed E-state index contributed by atoms with van der Waals surface area (Å²) in [4.78, 5) is 0. The van der Waals surface area contributed by atoms with Crippen LogP contribution < -0.4 is 0 Å². The Morgan fingerprint density at radius 1 is 0.600 bits per heavy atom. The fourth-order valence-electron chi connectivity index (χ4n) is 1.48. The molecule has 0 amide bonds. The average molecular weight is 398 g/mol. The molecular formula is C11F14. The molecule has 0 aromatic heterocycles. The van der Waals surface area contributed by atoms with Crippen molar-refractivity contribution in [3.05, 3.63) is 40.2 Å². The summed E-state index contributed by atoms with van der Waals surface area (Å²) in [5.74, 6) is -28.1. The number of rotatable bonds is 2. The van der Waals surface area contributed by atoms with Crippen LogP contribution in [0.15, 0.2) is 5.83 Å². The Labute approximate surface area is 127 Å². The van der Waals surface area contributed by atoms with Gasteiger partial charge < -0.3 is 0 Å². The number of benzene rings is 1. The van der Waals surface area contributed by atoms with Crippen LogP contribution in [0, 0.1) is 23.3 Å².